The number of aromatic amines is 1. The van der Waals surface area contributed by atoms with E-state index in [-0.39, 0.29) is 5.91 Å². The second-order valence-electron chi connectivity index (χ2n) is 7.83. The number of aryl methyl sites for hydroxylation is 2. The number of nitrogens with zero attached hydrogens (tertiary/aromatic N) is 4. The number of halogens is 3. The molecule has 2 aromatic rings. The Balaban J connectivity index is 0.000000339. The number of aliphatic carboxylic acids is 1. The van der Waals surface area contributed by atoms with Crippen molar-refractivity contribution in [2.45, 2.75) is 33.0 Å². The molecule has 2 aliphatic heterocycles. The summed E-state index contributed by atoms with van der Waals surface area (Å²) in [6.07, 6.45) is -2.32. The first kappa shape index (κ1) is 22.8. The number of carboxylic acids is 1. The molecule has 12 heteroatoms. The van der Waals surface area contributed by atoms with Crippen LogP contribution >= 0.6 is 0 Å². The maximum atomic E-state index is 12.5. The Morgan fingerprint density at radius 1 is 1.26 bits per heavy atom. The first-order valence-corrected chi connectivity index (χ1v) is 9.79. The number of carbonyl (C=O) groups excluding carboxylic acids is 1. The van der Waals surface area contributed by atoms with Gasteiger partial charge < -0.3 is 14.5 Å². The van der Waals surface area contributed by atoms with Crippen LogP contribution in [0.3, 0.4) is 0 Å². The van der Waals surface area contributed by atoms with Gasteiger partial charge in [-0.25, -0.2) is 4.79 Å². The van der Waals surface area contributed by atoms with Gasteiger partial charge in [0.25, 0.3) is 5.91 Å². The van der Waals surface area contributed by atoms with Gasteiger partial charge in [-0.1, -0.05) is 5.16 Å². The Labute approximate surface area is 176 Å². The molecule has 0 radical (unpaired) electrons. The van der Waals surface area contributed by atoms with E-state index in [1.807, 2.05) is 18.7 Å². The molecule has 0 bridgehead atoms. The van der Waals surface area contributed by atoms with E-state index in [4.69, 9.17) is 14.4 Å². The summed E-state index contributed by atoms with van der Waals surface area (Å²) in [5.41, 5.74) is 2.77. The van der Waals surface area contributed by atoms with E-state index in [0.29, 0.717) is 17.5 Å². The molecule has 2 N–H and O–H groups in total. The van der Waals surface area contributed by atoms with Gasteiger partial charge in [-0.2, -0.15) is 18.3 Å². The Bertz CT molecular complexity index is 893. The minimum Gasteiger partial charge on any atom is -0.475 e. The summed E-state index contributed by atoms with van der Waals surface area (Å²) < 4.78 is 37.0. The maximum Gasteiger partial charge on any atom is 0.490 e. The summed E-state index contributed by atoms with van der Waals surface area (Å²) in [5, 5.41) is 17.8. The van der Waals surface area contributed by atoms with Crippen LogP contribution in [0.5, 0.6) is 0 Å². The van der Waals surface area contributed by atoms with Gasteiger partial charge in [0.05, 0.1) is 5.69 Å². The summed E-state index contributed by atoms with van der Waals surface area (Å²) in [6.45, 7) is 8.65. The van der Waals surface area contributed by atoms with Crippen LogP contribution in [-0.4, -0.2) is 74.5 Å². The van der Waals surface area contributed by atoms with Crippen LogP contribution in [0.15, 0.2) is 16.8 Å². The Morgan fingerprint density at radius 2 is 1.94 bits per heavy atom. The van der Waals surface area contributed by atoms with Crippen molar-refractivity contribution < 1.29 is 32.4 Å². The van der Waals surface area contributed by atoms with Gasteiger partial charge in [0, 0.05) is 37.9 Å². The fourth-order valence-electron chi connectivity index (χ4n) is 4.05. The topological polar surface area (TPSA) is 116 Å². The van der Waals surface area contributed by atoms with Gasteiger partial charge in [0.15, 0.2) is 0 Å². The van der Waals surface area contributed by atoms with Gasteiger partial charge >= 0.3 is 12.1 Å². The number of fused-ring (bicyclic) bond motifs is 1. The van der Waals surface area contributed by atoms with E-state index in [9.17, 15) is 18.0 Å². The number of hydrogen-bond acceptors (Lipinski definition) is 6. The molecule has 4 rings (SSSR count). The highest BCUT2D eigenvalue weighted by atomic mass is 19.4. The molecule has 2 aromatic heterocycles. The van der Waals surface area contributed by atoms with Crippen LogP contribution in [0.1, 0.15) is 33.9 Å². The fraction of sp³-hybridized carbons (Fsp3) is 0.579. The van der Waals surface area contributed by atoms with Crippen molar-refractivity contribution in [3.8, 4) is 0 Å². The van der Waals surface area contributed by atoms with E-state index in [1.54, 1.807) is 12.3 Å². The molecule has 2 aliphatic rings. The molecule has 9 nitrogen and oxygen atoms in total. The quantitative estimate of drug-likeness (QED) is 0.748. The summed E-state index contributed by atoms with van der Waals surface area (Å²) >= 11 is 0. The average Bonchev–Trinajstić information content (AvgIpc) is 3.44. The molecule has 2 saturated heterocycles. The van der Waals surface area contributed by atoms with E-state index in [1.165, 1.54) is 5.56 Å². The van der Waals surface area contributed by atoms with Crippen molar-refractivity contribution in [1.29, 1.82) is 0 Å². The first-order chi connectivity index (χ1) is 14.6. The van der Waals surface area contributed by atoms with Gasteiger partial charge in [-0.3, -0.25) is 14.8 Å². The zero-order chi connectivity index (χ0) is 22.8. The van der Waals surface area contributed by atoms with Crippen LogP contribution in [0.2, 0.25) is 0 Å². The number of hydrogen-bond donors (Lipinski definition) is 2. The van der Waals surface area contributed by atoms with Crippen molar-refractivity contribution in [1.82, 2.24) is 25.2 Å². The second-order valence-corrected chi connectivity index (χ2v) is 7.83. The third-order valence-electron chi connectivity index (χ3n) is 5.71. The molecule has 2 fully saturated rings. The zero-order valence-corrected chi connectivity index (χ0v) is 17.1. The highest BCUT2D eigenvalue weighted by Gasteiger charge is 2.39. The lowest BCUT2D eigenvalue weighted by molar-refractivity contribution is -0.192. The fourth-order valence-corrected chi connectivity index (χ4v) is 4.05. The Kier molecular flexibility index (Phi) is 6.68. The van der Waals surface area contributed by atoms with Crippen LogP contribution in [0.25, 0.3) is 0 Å². The predicted octanol–water partition coefficient (Wildman–Crippen LogP) is 2.24. The molecule has 4 heterocycles. The highest BCUT2D eigenvalue weighted by Crippen LogP contribution is 2.32. The van der Waals surface area contributed by atoms with Crippen molar-refractivity contribution in [3.05, 3.63) is 35.0 Å². The number of carbonyl (C=O) groups is 2. The average molecular weight is 443 g/mol. The summed E-state index contributed by atoms with van der Waals surface area (Å²) in [5.74, 6) is -0.618. The summed E-state index contributed by atoms with van der Waals surface area (Å²) in [4.78, 5) is 25.8. The molecular weight excluding hydrogens is 419 g/mol. The molecule has 0 unspecified atom stereocenters. The number of amides is 1. The molecule has 1 amide bonds. The molecule has 0 aliphatic carbocycles. The van der Waals surface area contributed by atoms with Crippen molar-refractivity contribution in [2.24, 2.45) is 11.8 Å². The van der Waals surface area contributed by atoms with Crippen LogP contribution in [-0.2, 0) is 11.3 Å². The number of piperidine rings is 1. The lowest BCUT2D eigenvalue weighted by atomic mass is 9.88. The van der Waals surface area contributed by atoms with E-state index < -0.39 is 12.1 Å². The van der Waals surface area contributed by atoms with Gasteiger partial charge in [0.2, 0.25) is 0 Å². The van der Waals surface area contributed by atoms with E-state index >= 15 is 0 Å². The predicted molar refractivity (Wildman–Crippen MR) is 101 cm³/mol. The molecule has 170 valence electrons. The smallest absolute Gasteiger partial charge is 0.475 e. The third-order valence-corrected chi connectivity index (χ3v) is 5.71. The molecule has 0 aromatic carbocycles. The van der Waals surface area contributed by atoms with E-state index in [0.717, 1.165) is 50.6 Å². The van der Waals surface area contributed by atoms with Crippen molar-refractivity contribution >= 4 is 11.9 Å². The lowest BCUT2D eigenvalue weighted by Crippen LogP contribution is -2.39. The number of rotatable bonds is 3. The number of alkyl halides is 3. The van der Waals surface area contributed by atoms with Crippen molar-refractivity contribution in [2.75, 3.05) is 26.2 Å². The molecule has 2 atom stereocenters. The van der Waals surface area contributed by atoms with Crippen LogP contribution in [0, 0.1) is 25.7 Å². The third kappa shape index (κ3) is 5.43. The number of aromatic nitrogens is 3. The number of carboxylic acid groups (broad SMARTS) is 1. The molecule has 0 saturated carbocycles. The monoisotopic (exact) mass is 443 g/mol. The number of H-pyrrole nitrogens is 1. The Morgan fingerprint density at radius 3 is 2.48 bits per heavy atom. The van der Waals surface area contributed by atoms with Crippen LogP contribution < -0.4 is 0 Å². The van der Waals surface area contributed by atoms with E-state index in [2.05, 4.69) is 20.3 Å². The van der Waals surface area contributed by atoms with Gasteiger partial charge in [-0.05, 0) is 44.7 Å². The van der Waals surface area contributed by atoms with Gasteiger partial charge in [-0.15, -0.1) is 0 Å². The Hall–Kier alpha value is -2.89. The minimum atomic E-state index is -5.08. The summed E-state index contributed by atoms with van der Waals surface area (Å²) in [6, 6.07) is 1.74. The normalized spacial score (nSPS) is 21.4. The first-order valence-electron chi connectivity index (χ1n) is 9.79. The molecule has 0 spiro atoms. The highest BCUT2D eigenvalue weighted by molar-refractivity contribution is 5.92. The maximum absolute atomic E-state index is 12.5. The van der Waals surface area contributed by atoms with Crippen LogP contribution in [0.4, 0.5) is 13.2 Å². The van der Waals surface area contributed by atoms with Gasteiger partial charge in [0.1, 0.15) is 11.5 Å². The number of likely N-dealkylation sites (tertiary alicyclic amines) is 2. The molecule has 31 heavy (non-hydrogen) atoms. The largest absolute Gasteiger partial charge is 0.490 e. The minimum absolute atomic E-state index is 0.0687. The zero-order valence-electron chi connectivity index (χ0n) is 17.1. The number of nitrogens with one attached hydrogen (secondary N) is 1. The summed E-state index contributed by atoms with van der Waals surface area (Å²) in [7, 11) is 0. The lowest BCUT2D eigenvalue weighted by Gasteiger charge is -2.34. The second kappa shape index (κ2) is 9.08. The molecular formula is C19H24F3N5O4. The SMILES string of the molecule is Cc1noc(C)c1CN1CC[C@H]2CN(C(=O)c3ccn[nH]3)C[C@H]2C1.O=C(O)C(F)(F)F. The van der Waals surface area contributed by atoms with Crippen molar-refractivity contribution in [3.63, 3.8) is 0 Å². The standard InChI is InChI=1S/C17H23N5O2.C2HF3O2/c1-11-15(12(2)24-20-11)10-21-6-4-13-8-22(9-14(13)7-21)17(23)16-3-5-18-19-16;3-2(4,5)1(6)7/h3,5,13-14H,4,6-10H2,1-2H3,(H,18,19);(H,6,7)/t13-,14+;/m0./s1.